The fourth-order valence-electron chi connectivity index (χ4n) is 4.41. The number of para-hydroxylation sites is 1. The molecular formula is C23H20FN11O2. The van der Waals surface area contributed by atoms with E-state index in [4.69, 9.17) is 5.73 Å². The minimum Gasteiger partial charge on any atom is -0.384 e. The van der Waals surface area contributed by atoms with Crippen LogP contribution in [0.15, 0.2) is 55.0 Å². The van der Waals surface area contributed by atoms with Crippen LogP contribution in [0.5, 0.6) is 0 Å². The fourth-order valence-corrected chi connectivity index (χ4v) is 4.41. The second-order valence-corrected chi connectivity index (χ2v) is 8.38. The van der Waals surface area contributed by atoms with Crippen molar-refractivity contribution in [2.75, 3.05) is 36.8 Å². The van der Waals surface area contributed by atoms with Crippen molar-refractivity contribution in [2.24, 2.45) is 0 Å². The highest BCUT2D eigenvalue weighted by atomic mass is 19.1. The summed E-state index contributed by atoms with van der Waals surface area (Å²) in [5, 5.41) is 16.0. The van der Waals surface area contributed by atoms with Crippen molar-refractivity contribution in [2.45, 2.75) is 0 Å². The number of carbonyl (C=O) groups excluding carboxylic acids is 2. The van der Waals surface area contributed by atoms with Crippen molar-refractivity contribution in [3.8, 4) is 11.5 Å². The molecule has 0 bridgehead atoms. The molecule has 5 heterocycles. The first-order valence-electron chi connectivity index (χ1n) is 11.4. The van der Waals surface area contributed by atoms with E-state index in [1.165, 1.54) is 22.0 Å². The van der Waals surface area contributed by atoms with Gasteiger partial charge in [-0.05, 0) is 22.6 Å². The number of hydrogen-bond acceptors (Lipinski definition) is 9. The summed E-state index contributed by atoms with van der Waals surface area (Å²) in [4.78, 5) is 36.6. The number of aromatic amines is 1. The van der Waals surface area contributed by atoms with Crippen molar-refractivity contribution in [3.63, 3.8) is 0 Å². The molecule has 0 aliphatic carbocycles. The van der Waals surface area contributed by atoms with E-state index in [9.17, 15) is 14.0 Å². The lowest BCUT2D eigenvalue weighted by Gasteiger charge is -2.34. The van der Waals surface area contributed by atoms with Gasteiger partial charge in [0.2, 0.25) is 5.95 Å². The maximum absolute atomic E-state index is 14.8. The number of ketones is 1. The van der Waals surface area contributed by atoms with Gasteiger partial charge in [-0.15, -0.1) is 0 Å². The van der Waals surface area contributed by atoms with Crippen molar-refractivity contribution in [1.29, 1.82) is 0 Å². The van der Waals surface area contributed by atoms with E-state index >= 15 is 0 Å². The molecule has 14 heteroatoms. The molecule has 0 radical (unpaired) electrons. The third-order valence-electron chi connectivity index (χ3n) is 6.26. The summed E-state index contributed by atoms with van der Waals surface area (Å²) in [5.41, 5.74) is 6.85. The number of rotatable bonds is 5. The number of anilines is 2. The maximum Gasteiger partial charge on any atom is 0.295 e. The van der Waals surface area contributed by atoms with Gasteiger partial charge in [0.15, 0.2) is 11.6 Å². The highest BCUT2D eigenvalue weighted by Gasteiger charge is 2.31. The summed E-state index contributed by atoms with van der Waals surface area (Å²) in [6.07, 6.45) is 3.76. The number of benzene rings is 1. The standard InChI is InChI=1S/C23H20FN11O2/c24-16-13-27-21(35-17(25)6-7-28-35)19-18(16)15(12-26-19)20(36)22(37)32-8-10-33(11-9-32)23-29-30-31-34(23)14-4-2-1-3-5-14/h1-7,12-13,26H,8-11,25H2. The Morgan fingerprint density at radius 2 is 1.81 bits per heavy atom. The minimum absolute atomic E-state index is 0.0427. The molecule has 1 aliphatic heterocycles. The van der Waals surface area contributed by atoms with Gasteiger partial charge in [-0.3, -0.25) is 9.59 Å². The Hall–Kier alpha value is -5.14. The number of pyridine rings is 1. The van der Waals surface area contributed by atoms with Gasteiger partial charge in [0.1, 0.15) is 5.82 Å². The van der Waals surface area contributed by atoms with Gasteiger partial charge in [0.25, 0.3) is 11.7 Å². The molecule has 1 amide bonds. The van der Waals surface area contributed by atoms with Crippen LogP contribution in [0.4, 0.5) is 16.2 Å². The first-order chi connectivity index (χ1) is 18.0. The minimum atomic E-state index is -0.821. The quantitative estimate of drug-likeness (QED) is 0.265. The molecule has 0 atom stereocenters. The van der Waals surface area contributed by atoms with Crippen molar-refractivity contribution in [1.82, 2.24) is 44.9 Å². The third-order valence-corrected chi connectivity index (χ3v) is 6.26. The Morgan fingerprint density at radius 1 is 1.03 bits per heavy atom. The summed E-state index contributed by atoms with van der Waals surface area (Å²) >= 11 is 0. The number of aromatic nitrogens is 8. The van der Waals surface area contributed by atoms with E-state index in [1.54, 1.807) is 10.7 Å². The first kappa shape index (κ1) is 22.3. The third kappa shape index (κ3) is 3.74. The number of carbonyl (C=O) groups is 2. The summed E-state index contributed by atoms with van der Waals surface area (Å²) in [7, 11) is 0. The van der Waals surface area contributed by atoms with Gasteiger partial charge < -0.3 is 20.5 Å². The maximum atomic E-state index is 14.8. The van der Waals surface area contributed by atoms with Crippen LogP contribution in [0.3, 0.4) is 0 Å². The zero-order valence-electron chi connectivity index (χ0n) is 19.3. The van der Waals surface area contributed by atoms with Crippen LogP contribution < -0.4 is 10.6 Å². The molecule has 1 saturated heterocycles. The molecule has 4 aromatic heterocycles. The Morgan fingerprint density at radius 3 is 2.54 bits per heavy atom. The lowest BCUT2D eigenvalue weighted by atomic mass is 10.1. The molecule has 1 aromatic carbocycles. The van der Waals surface area contributed by atoms with Crippen LogP contribution in [0, 0.1) is 5.82 Å². The van der Waals surface area contributed by atoms with Crippen LogP contribution in [0.2, 0.25) is 0 Å². The van der Waals surface area contributed by atoms with Crippen LogP contribution >= 0.6 is 0 Å². The fraction of sp³-hybridized carbons (Fsp3) is 0.174. The van der Waals surface area contributed by atoms with Gasteiger partial charge in [0, 0.05) is 38.4 Å². The summed E-state index contributed by atoms with van der Waals surface area (Å²) in [6, 6.07) is 11.0. The number of nitrogens with zero attached hydrogens (tertiary/aromatic N) is 9. The van der Waals surface area contributed by atoms with Crippen molar-refractivity contribution in [3.05, 3.63) is 66.4 Å². The molecule has 13 nitrogen and oxygen atoms in total. The lowest BCUT2D eigenvalue weighted by molar-refractivity contribution is -0.126. The average molecular weight is 501 g/mol. The second kappa shape index (κ2) is 8.82. The van der Waals surface area contributed by atoms with Gasteiger partial charge >= 0.3 is 0 Å². The number of nitrogen functional groups attached to an aromatic ring is 1. The number of fused-ring (bicyclic) bond motifs is 1. The summed E-state index contributed by atoms with van der Waals surface area (Å²) in [5.74, 6) is -1.23. The molecule has 0 unspecified atom stereocenters. The Kier molecular flexibility index (Phi) is 5.32. The molecule has 0 spiro atoms. The van der Waals surface area contributed by atoms with E-state index in [0.717, 1.165) is 11.9 Å². The predicted molar refractivity (Wildman–Crippen MR) is 130 cm³/mol. The van der Waals surface area contributed by atoms with E-state index in [-0.39, 0.29) is 41.2 Å². The highest BCUT2D eigenvalue weighted by Crippen LogP contribution is 2.27. The number of hydrogen-bond donors (Lipinski definition) is 2. The van der Waals surface area contributed by atoms with Crippen molar-refractivity contribution >= 4 is 34.4 Å². The monoisotopic (exact) mass is 501 g/mol. The van der Waals surface area contributed by atoms with Crippen LogP contribution in [-0.2, 0) is 4.79 Å². The molecular weight excluding hydrogens is 481 g/mol. The molecule has 186 valence electrons. The van der Waals surface area contributed by atoms with Gasteiger partial charge in [0.05, 0.1) is 34.5 Å². The van der Waals surface area contributed by atoms with Crippen molar-refractivity contribution < 1.29 is 14.0 Å². The van der Waals surface area contributed by atoms with Gasteiger partial charge in [-0.2, -0.15) is 14.5 Å². The molecule has 0 saturated carbocycles. The second-order valence-electron chi connectivity index (χ2n) is 8.38. The largest absolute Gasteiger partial charge is 0.384 e. The van der Waals surface area contributed by atoms with Crippen LogP contribution in [0.1, 0.15) is 10.4 Å². The topological polar surface area (TPSA) is 157 Å². The first-order valence-corrected chi connectivity index (χ1v) is 11.4. The number of Topliss-reactive ketones (excluding diaryl/α,β-unsaturated/α-hetero) is 1. The Labute approximate surface area is 208 Å². The summed E-state index contributed by atoms with van der Waals surface area (Å²) in [6.45, 7) is 1.38. The van der Waals surface area contributed by atoms with Gasteiger partial charge in [-0.1, -0.05) is 23.3 Å². The van der Waals surface area contributed by atoms with E-state index in [0.29, 0.717) is 19.0 Å². The number of halogens is 1. The number of nitrogens with two attached hydrogens (primary N) is 1. The van der Waals surface area contributed by atoms with Crippen LogP contribution in [0.25, 0.3) is 22.4 Å². The normalized spacial score (nSPS) is 13.9. The zero-order chi connectivity index (χ0) is 25.5. The number of piperazine rings is 1. The average Bonchev–Trinajstić information content (AvgIpc) is 3.69. The molecule has 5 aromatic rings. The highest BCUT2D eigenvalue weighted by molar-refractivity contribution is 6.45. The van der Waals surface area contributed by atoms with Gasteiger partial charge in [-0.25, -0.2) is 9.37 Å². The SMILES string of the molecule is Nc1ccnn1-c1ncc(F)c2c(C(=O)C(=O)N3CCN(c4nnnn4-c4ccccc4)CC3)c[nH]c12. The van der Waals surface area contributed by atoms with E-state index in [2.05, 4.69) is 30.6 Å². The predicted octanol–water partition coefficient (Wildman–Crippen LogP) is 0.977. The lowest BCUT2D eigenvalue weighted by Crippen LogP contribution is -2.51. The number of tetrazole rings is 1. The molecule has 37 heavy (non-hydrogen) atoms. The van der Waals surface area contributed by atoms with E-state index < -0.39 is 17.5 Å². The molecule has 3 N–H and O–H groups in total. The Bertz CT molecular complexity index is 1620. The number of amides is 1. The molecule has 6 rings (SSSR count). The zero-order valence-corrected chi connectivity index (χ0v) is 19.3. The summed E-state index contributed by atoms with van der Waals surface area (Å²) < 4.78 is 17.7. The van der Waals surface area contributed by atoms with E-state index in [1.807, 2.05) is 35.2 Å². The number of nitrogens with one attached hydrogen (secondary N) is 1. The molecule has 1 fully saturated rings. The smallest absolute Gasteiger partial charge is 0.295 e. The molecule has 1 aliphatic rings. The Balaban J connectivity index is 1.21. The number of H-pyrrole nitrogens is 1. The van der Waals surface area contributed by atoms with Crippen LogP contribution in [-0.4, -0.2) is 82.7 Å².